The molecule has 0 rings (SSSR count). The predicted octanol–water partition coefficient (Wildman–Crippen LogP) is -1.31. The molecule has 0 bridgehead atoms. The summed E-state index contributed by atoms with van der Waals surface area (Å²) in [4.78, 5) is 21.6. The molecule has 1 atom stereocenters. The molecule has 0 aromatic heterocycles. The Kier molecular flexibility index (Phi) is 5.54. The van der Waals surface area contributed by atoms with Gasteiger partial charge in [0.2, 0.25) is 5.91 Å². The molecule has 6 N–H and O–H groups in total. The fraction of sp³-hybridized carbons (Fsp3) is 0.571. The molecule has 0 saturated carbocycles. The molecule has 0 aromatic carbocycles. The van der Waals surface area contributed by atoms with Crippen LogP contribution >= 0.6 is 12.2 Å². The van der Waals surface area contributed by atoms with E-state index in [1.165, 1.54) is 0 Å². The molecule has 0 heterocycles. The van der Waals surface area contributed by atoms with Crippen molar-refractivity contribution in [3.63, 3.8) is 0 Å². The smallest absolute Gasteiger partial charge is 0.312 e. The summed E-state index contributed by atoms with van der Waals surface area (Å²) < 4.78 is 0. The summed E-state index contributed by atoms with van der Waals surface area (Å²) in [5.41, 5.74) is 10.1. The van der Waals surface area contributed by atoms with Crippen molar-refractivity contribution in [3.05, 3.63) is 0 Å². The van der Waals surface area contributed by atoms with Gasteiger partial charge in [0.25, 0.3) is 0 Å². The number of hydrogen-bond donors (Lipinski definition) is 4. The zero-order valence-corrected chi connectivity index (χ0v) is 8.69. The molecule has 80 valence electrons. The number of amides is 3. The van der Waals surface area contributed by atoms with Gasteiger partial charge in [0.15, 0.2) is 0 Å². The maximum absolute atomic E-state index is 11.2. The molecule has 0 saturated heterocycles. The summed E-state index contributed by atoms with van der Waals surface area (Å²) in [5.74, 6) is -0.762. The van der Waals surface area contributed by atoms with Gasteiger partial charge in [-0.3, -0.25) is 4.79 Å². The van der Waals surface area contributed by atoms with E-state index >= 15 is 0 Å². The second-order valence-corrected chi connectivity index (χ2v) is 3.18. The first-order valence-electron chi connectivity index (χ1n) is 4.05. The molecule has 1 unspecified atom stereocenters. The molecule has 0 radical (unpaired) electrons. The van der Waals surface area contributed by atoms with Gasteiger partial charge in [0.1, 0.15) is 0 Å². The van der Waals surface area contributed by atoms with Gasteiger partial charge in [-0.2, -0.15) is 0 Å². The monoisotopic (exact) mass is 218 g/mol. The number of urea groups is 1. The fourth-order valence-electron chi connectivity index (χ4n) is 0.654. The number of rotatable bonds is 5. The van der Waals surface area contributed by atoms with Crippen LogP contribution in [0.4, 0.5) is 4.79 Å². The number of carbonyl (C=O) groups is 2. The van der Waals surface area contributed by atoms with E-state index in [4.69, 9.17) is 11.5 Å². The zero-order valence-electron chi connectivity index (χ0n) is 7.87. The van der Waals surface area contributed by atoms with Crippen LogP contribution in [-0.2, 0) is 4.79 Å². The van der Waals surface area contributed by atoms with Crippen LogP contribution in [0, 0.1) is 5.92 Å². The number of nitrogens with one attached hydrogen (secondary N) is 2. The highest BCUT2D eigenvalue weighted by atomic mass is 32.1. The Morgan fingerprint density at radius 1 is 1.29 bits per heavy atom. The summed E-state index contributed by atoms with van der Waals surface area (Å²) >= 11 is 4.64. The summed E-state index contributed by atoms with van der Waals surface area (Å²) in [7, 11) is 0. The first-order valence-corrected chi connectivity index (χ1v) is 4.46. The minimum atomic E-state index is -0.623. The van der Waals surface area contributed by atoms with Crippen molar-refractivity contribution < 1.29 is 9.59 Å². The van der Waals surface area contributed by atoms with Crippen molar-refractivity contribution in [2.75, 3.05) is 13.1 Å². The number of nitrogens with two attached hydrogens (primary N) is 2. The van der Waals surface area contributed by atoms with E-state index in [-0.39, 0.29) is 17.4 Å². The van der Waals surface area contributed by atoms with E-state index < -0.39 is 11.9 Å². The van der Waals surface area contributed by atoms with Gasteiger partial charge in [-0.25, -0.2) is 4.79 Å². The van der Waals surface area contributed by atoms with Crippen LogP contribution in [-0.4, -0.2) is 30.0 Å². The average molecular weight is 218 g/mol. The second-order valence-electron chi connectivity index (χ2n) is 2.71. The van der Waals surface area contributed by atoms with Gasteiger partial charge in [-0.1, -0.05) is 12.2 Å². The fourth-order valence-corrected chi connectivity index (χ4v) is 0.761. The standard InChI is InChI=1S/C7H14N4O2S/c1-4(5(8)14)6(12)10-2-3-11-7(9)13/h4H,2-3H2,1H3,(H2,8,14)(H,10,12)(H3,9,11,13). The van der Waals surface area contributed by atoms with Gasteiger partial charge in [0.05, 0.1) is 10.9 Å². The normalized spacial score (nSPS) is 11.5. The maximum atomic E-state index is 11.2. The third-order valence-corrected chi connectivity index (χ3v) is 1.90. The minimum absolute atomic E-state index is 0.144. The van der Waals surface area contributed by atoms with Crippen molar-refractivity contribution in [2.45, 2.75) is 6.92 Å². The van der Waals surface area contributed by atoms with Crippen molar-refractivity contribution >= 4 is 29.1 Å². The Labute approximate surface area is 87.4 Å². The summed E-state index contributed by atoms with van der Waals surface area (Å²) in [5, 5.41) is 4.87. The highest BCUT2D eigenvalue weighted by Gasteiger charge is 2.14. The molecule has 0 aromatic rings. The van der Waals surface area contributed by atoms with E-state index in [2.05, 4.69) is 22.9 Å². The Hall–Kier alpha value is -1.37. The van der Waals surface area contributed by atoms with Gasteiger partial charge in [-0.15, -0.1) is 0 Å². The van der Waals surface area contributed by atoms with Crippen molar-refractivity contribution in [1.29, 1.82) is 0 Å². The van der Waals surface area contributed by atoms with Crippen LogP contribution < -0.4 is 22.1 Å². The number of thiocarbonyl (C=S) groups is 1. The average Bonchev–Trinajstić information content (AvgIpc) is 2.10. The lowest BCUT2D eigenvalue weighted by Crippen LogP contribution is -2.41. The second kappa shape index (κ2) is 6.14. The third kappa shape index (κ3) is 5.31. The Balaban J connectivity index is 3.64. The number of hydrogen-bond acceptors (Lipinski definition) is 3. The number of carbonyl (C=O) groups excluding carboxylic acids is 2. The van der Waals surface area contributed by atoms with Crippen LogP contribution in [0.3, 0.4) is 0 Å². The molecule has 0 aliphatic heterocycles. The van der Waals surface area contributed by atoms with Gasteiger partial charge in [0, 0.05) is 13.1 Å². The quantitative estimate of drug-likeness (QED) is 0.339. The molecular weight excluding hydrogens is 204 g/mol. The predicted molar refractivity (Wildman–Crippen MR) is 56.5 cm³/mol. The van der Waals surface area contributed by atoms with Crippen LogP contribution in [0.2, 0.25) is 0 Å². The van der Waals surface area contributed by atoms with Crippen LogP contribution in [0.5, 0.6) is 0 Å². The summed E-state index contributed by atoms with van der Waals surface area (Å²) in [6.45, 7) is 2.19. The third-order valence-electron chi connectivity index (χ3n) is 1.54. The largest absolute Gasteiger partial charge is 0.393 e. The van der Waals surface area contributed by atoms with Crippen molar-refractivity contribution in [1.82, 2.24) is 10.6 Å². The van der Waals surface area contributed by atoms with E-state index in [1.807, 2.05) is 0 Å². The first kappa shape index (κ1) is 12.6. The molecule has 3 amide bonds. The number of primary amides is 1. The highest BCUT2D eigenvalue weighted by molar-refractivity contribution is 7.80. The molecule has 0 spiro atoms. The Morgan fingerprint density at radius 3 is 2.21 bits per heavy atom. The first-order chi connectivity index (χ1) is 6.45. The molecule has 6 nitrogen and oxygen atoms in total. The maximum Gasteiger partial charge on any atom is 0.312 e. The molecule has 0 fully saturated rings. The van der Waals surface area contributed by atoms with Crippen LogP contribution in [0.25, 0.3) is 0 Å². The Bertz CT molecular complexity index is 244. The molecule has 0 aliphatic rings. The lowest BCUT2D eigenvalue weighted by atomic mass is 10.2. The summed E-state index contributed by atoms with van der Waals surface area (Å²) in [6.07, 6.45) is 0. The van der Waals surface area contributed by atoms with Gasteiger partial charge < -0.3 is 22.1 Å². The lowest BCUT2D eigenvalue weighted by Gasteiger charge is -2.10. The SMILES string of the molecule is CC(C(=O)NCCNC(N)=O)C(N)=S. The minimum Gasteiger partial charge on any atom is -0.393 e. The van der Waals surface area contributed by atoms with Crippen LogP contribution in [0.1, 0.15) is 6.92 Å². The summed E-state index contributed by atoms with van der Waals surface area (Å²) in [6, 6.07) is -0.623. The van der Waals surface area contributed by atoms with Crippen LogP contribution in [0.15, 0.2) is 0 Å². The molecular formula is C7H14N4O2S. The van der Waals surface area contributed by atoms with E-state index in [1.54, 1.807) is 6.92 Å². The lowest BCUT2D eigenvalue weighted by molar-refractivity contribution is -0.122. The van der Waals surface area contributed by atoms with E-state index in [0.717, 1.165) is 0 Å². The molecule has 14 heavy (non-hydrogen) atoms. The highest BCUT2D eigenvalue weighted by Crippen LogP contribution is 1.93. The molecule has 7 heteroatoms. The van der Waals surface area contributed by atoms with E-state index in [9.17, 15) is 9.59 Å². The zero-order chi connectivity index (χ0) is 11.1. The van der Waals surface area contributed by atoms with E-state index in [0.29, 0.717) is 6.54 Å². The topological polar surface area (TPSA) is 110 Å². The van der Waals surface area contributed by atoms with Gasteiger partial charge in [-0.05, 0) is 6.92 Å². The van der Waals surface area contributed by atoms with Gasteiger partial charge >= 0.3 is 6.03 Å². The van der Waals surface area contributed by atoms with Crippen molar-refractivity contribution in [3.8, 4) is 0 Å². The van der Waals surface area contributed by atoms with Crippen molar-refractivity contribution in [2.24, 2.45) is 17.4 Å². The Morgan fingerprint density at radius 2 is 1.79 bits per heavy atom. The molecule has 0 aliphatic carbocycles.